The Kier molecular flexibility index (Phi) is 1.65. The predicted molar refractivity (Wildman–Crippen MR) is 56.0 cm³/mol. The molecule has 0 aliphatic carbocycles. The molecule has 0 aromatic carbocycles. The van der Waals surface area contributed by atoms with Crippen molar-refractivity contribution in [2.45, 2.75) is 0 Å². The number of nitrogens with two attached hydrogens (primary N) is 1. The minimum Gasteiger partial charge on any atom is -0.368 e. The van der Waals surface area contributed by atoms with Gasteiger partial charge >= 0.3 is 0 Å². The summed E-state index contributed by atoms with van der Waals surface area (Å²) < 4.78 is 0. The Morgan fingerprint density at radius 1 is 1.40 bits per heavy atom. The zero-order valence-corrected chi connectivity index (χ0v) is 8.38. The number of rotatable bonds is 1. The van der Waals surface area contributed by atoms with Crippen LogP contribution in [-0.4, -0.2) is 19.9 Å². The van der Waals surface area contributed by atoms with Crippen molar-refractivity contribution in [3.05, 3.63) is 17.9 Å². The number of imidazole rings is 1. The summed E-state index contributed by atoms with van der Waals surface area (Å²) in [6.45, 7) is 0. The van der Waals surface area contributed by atoms with Crippen LogP contribution in [0.1, 0.15) is 0 Å². The number of hydrogen-bond acceptors (Lipinski definition) is 5. The first-order chi connectivity index (χ1) is 7.34. The molecule has 0 bridgehead atoms. The number of nitrogen functional groups attached to an aromatic ring is 1. The van der Waals surface area contributed by atoms with E-state index in [-0.39, 0.29) is 5.95 Å². The van der Waals surface area contributed by atoms with Gasteiger partial charge in [-0.25, -0.2) is 9.97 Å². The lowest BCUT2D eigenvalue weighted by molar-refractivity contribution is -0.358. The molecule has 0 fully saturated rings. The molecule has 0 unspecified atom stereocenters. The largest absolute Gasteiger partial charge is 0.368 e. The maximum atomic E-state index is 5.60. The quantitative estimate of drug-likeness (QED) is 0.622. The maximum Gasteiger partial charge on any atom is 0.288 e. The topological polar surface area (TPSA) is 94.6 Å². The van der Waals surface area contributed by atoms with Crippen molar-refractivity contribution in [2.24, 2.45) is 0 Å². The third-order valence-electron chi connectivity index (χ3n) is 1.99. The highest BCUT2D eigenvalue weighted by atomic mass is 32.1. The van der Waals surface area contributed by atoms with Crippen LogP contribution in [0.4, 0.5) is 5.95 Å². The lowest BCUT2D eigenvalue weighted by Gasteiger charge is -1.95. The standard InChI is InChI=1S/C8H6N6S/c9-8-13-5(7-10-1-2-15-7)4-6(14-8)12-3-11-4/h1-3H,(H3,9,11,12,13,14)/p+1. The van der Waals surface area contributed by atoms with Gasteiger partial charge in [0.05, 0.1) is 11.7 Å². The van der Waals surface area contributed by atoms with Crippen molar-refractivity contribution >= 4 is 28.4 Å². The molecule has 3 heterocycles. The highest BCUT2D eigenvalue weighted by Gasteiger charge is 2.16. The van der Waals surface area contributed by atoms with Crippen LogP contribution in [0.2, 0.25) is 0 Å². The molecule has 7 heteroatoms. The molecular weight excluding hydrogens is 212 g/mol. The number of fused-ring (bicyclic) bond motifs is 1. The first-order valence-corrected chi connectivity index (χ1v) is 5.15. The molecule has 0 aliphatic rings. The van der Waals surface area contributed by atoms with Gasteiger partial charge in [0.1, 0.15) is 5.52 Å². The Morgan fingerprint density at radius 3 is 3.13 bits per heavy atom. The van der Waals surface area contributed by atoms with Gasteiger partial charge in [-0.3, -0.25) is 0 Å². The van der Waals surface area contributed by atoms with Crippen molar-refractivity contribution < 1.29 is 4.98 Å². The molecule has 0 aliphatic heterocycles. The maximum absolute atomic E-state index is 5.60. The Hall–Kier alpha value is -2.02. The highest BCUT2D eigenvalue weighted by Crippen LogP contribution is 2.23. The van der Waals surface area contributed by atoms with E-state index in [1.165, 1.54) is 0 Å². The summed E-state index contributed by atoms with van der Waals surface area (Å²) >= 11 is 1.55. The third kappa shape index (κ3) is 1.24. The van der Waals surface area contributed by atoms with Crippen molar-refractivity contribution in [1.29, 1.82) is 0 Å². The van der Waals surface area contributed by atoms with Gasteiger partial charge < -0.3 is 10.7 Å². The second kappa shape index (κ2) is 2.99. The smallest absolute Gasteiger partial charge is 0.288 e. The molecule has 3 aromatic heterocycles. The predicted octanol–water partition coefficient (Wildman–Crippen LogP) is 0.478. The van der Waals surface area contributed by atoms with Gasteiger partial charge in [0.15, 0.2) is 17.5 Å². The molecule has 0 atom stereocenters. The number of H-pyrrole nitrogens is 2. The van der Waals surface area contributed by atoms with Crippen LogP contribution in [0.25, 0.3) is 21.9 Å². The van der Waals surface area contributed by atoms with E-state index in [9.17, 15) is 0 Å². The zero-order valence-electron chi connectivity index (χ0n) is 7.56. The van der Waals surface area contributed by atoms with Crippen LogP contribution >= 0.6 is 11.3 Å². The van der Waals surface area contributed by atoms with Crippen molar-refractivity contribution in [3.8, 4) is 10.7 Å². The van der Waals surface area contributed by atoms with Gasteiger partial charge in [0, 0.05) is 0 Å². The molecule has 74 valence electrons. The van der Waals surface area contributed by atoms with E-state index in [2.05, 4.69) is 24.9 Å². The minimum absolute atomic E-state index is 0.228. The van der Waals surface area contributed by atoms with Crippen molar-refractivity contribution in [3.63, 3.8) is 0 Å². The van der Waals surface area contributed by atoms with E-state index in [0.717, 1.165) is 16.2 Å². The Labute approximate surface area is 88.2 Å². The van der Waals surface area contributed by atoms with Gasteiger partial charge in [-0.2, -0.15) is 9.97 Å². The van der Waals surface area contributed by atoms with E-state index in [0.29, 0.717) is 5.65 Å². The van der Waals surface area contributed by atoms with Crippen LogP contribution in [0.3, 0.4) is 0 Å². The SMILES string of the molecule is Nc1nc(-c2[nH+]ccs2)c2[nH]cnc2n1. The number of nitrogens with zero attached hydrogens (tertiary/aromatic N) is 3. The van der Waals surface area contributed by atoms with Crippen LogP contribution in [0.5, 0.6) is 0 Å². The van der Waals surface area contributed by atoms with Gasteiger partial charge in [-0.05, 0) is 0 Å². The lowest BCUT2D eigenvalue weighted by Crippen LogP contribution is -2.03. The Morgan fingerprint density at radius 2 is 2.33 bits per heavy atom. The number of thiazole rings is 1. The molecule has 0 saturated heterocycles. The minimum atomic E-state index is 0.228. The number of anilines is 1. The van der Waals surface area contributed by atoms with Crippen LogP contribution < -0.4 is 10.7 Å². The molecule has 3 aromatic rings. The summed E-state index contributed by atoms with van der Waals surface area (Å²) in [6.07, 6.45) is 3.43. The molecule has 15 heavy (non-hydrogen) atoms. The van der Waals surface area contributed by atoms with E-state index < -0.39 is 0 Å². The molecule has 3 rings (SSSR count). The van der Waals surface area contributed by atoms with Gasteiger partial charge in [0.2, 0.25) is 5.95 Å². The van der Waals surface area contributed by atoms with Gasteiger partial charge in [0.25, 0.3) is 5.01 Å². The molecule has 0 saturated carbocycles. The van der Waals surface area contributed by atoms with Crippen molar-refractivity contribution in [1.82, 2.24) is 19.9 Å². The Balaban J connectivity index is 2.38. The van der Waals surface area contributed by atoms with Crippen LogP contribution in [-0.2, 0) is 0 Å². The fourth-order valence-corrected chi connectivity index (χ4v) is 2.05. The molecular formula is C8H7N6S+. The first-order valence-electron chi connectivity index (χ1n) is 4.27. The van der Waals surface area contributed by atoms with E-state index in [4.69, 9.17) is 5.73 Å². The summed E-state index contributed by atoms with van der Waals surface area (Å²) in [5, 5.41) is 2.87. The summed E-state index contributed by atoms with van der Waals surface area (Å²) in [5.74, 6) is 0.228. The van der Waals surface area contributed by atoms with Gasteiger partial charge in [-0.15, -0.1) is 0 Å². The second-order valence-corrected chi connectivity index (χ2v) is 3.84. The van der Waals surface area contributed by atoms with Crippen molar-refractivity contribution in [2.75, 3.05) is 5.73 Å². The summed E-state index contributed by atoms with van der Waals surface area (Å²) in [5.41, 5.74) is 7.74. The second-order valence-electron chi connectivity index (χ2n) is 2.93. The fourth-order valence-electron chi connectivity index (χ4n) is 1.38. The highest BCUT2D eigenvalue weighted by molar-refractivity contribution is 7.12. The molecule has 6 nitrogen and oxygen atoms in total. The third-order valence-corrected chi connectivity index (χ3v) is 2.81. The van der Waals surface area contributed by atoms with E-state index in [1.54, 1.807) is 17.7 Å². The summed E-state index contributed by atoms with van der Waals surface area (Å²) in [4.78, 5) is 18.4. The monoisotopic (exact) mass is 219 g/mol. The number of aromatic amines is 2. The molecule has 0 amide bonds. The first kappa shape index (κ1) is 8.30. The normalized spacial score (nSPS) is 10.9. The molecule has 4 N–H and O–H groups in total. The average molecular weight is 219 g/mol. The summed E-state index contributed by atoms with van der Waals surface area (Å²) in [7, 11) is 0. The fraction of sp³-hybridized carbons (Fsp3) is 0. The molecule has 0 radical (unpaired) electrons. The van der Waals surface area contributed by atoms with Gasteiger partial charge in [-0.1, -0.05) is 11.3 Å². The number of nitrogens with one attached hydrogen (secondary N) is 2. The van der Waals surface area contributed by atoms with E-state index in [1.807, 2.05) is 11.6 Å². The summed E-state index contributed by atoms with van der Waals surface area (Å²) in [6, 6.07) is 0. The van der Waals surface area contributed by atoms with Crippen LogP contribution in [0.15, 0.2) is 17.9 Å². The lowest BCUT2D eigenvalue weighted by atomic mass is 10.4. The zero-order chi connectivity index (χ0) is 10.3. The Bertz CT molecular complexity index is 599. The van der Waals surface area contributed by atoms with Crippen LogP contribution in [0, 0.1) is 0 Å². The van der Waals surface area contributed by atoms with E-state index >= 15 is 0 Å². The number of hydrogen-bond donors (Lipinski definition) is 2. The average Bonchev–Trinajstić information content (AvgIpc) is 2.86. The number of aromatic nitrogens is 5. The molecule has 0 spiro atoms.